The fourth-order valence-electron chi connectivity index (χ4n) is 2.28. The van der Waals surface area contributed by atoms with E-state index in [0.29, 0.717) is 17.1 Å². The van der Waals surface area contributed by atoms with Gasteiger partial charge in [0.2, 0.25) is 5.91 Å². The van der Waals surface area contributed by atoms with Crippen molar-refractivity contribution in [2.75, 3.05) is 18.2 Å². The Kier molecular flexibility index (Phi) is 5.90. The zero-order valence-corrected chi connectivity index (χ0v) is 15.4. The number of amides is 1. The van der Waals surface area contributed by atoms with Gasteiger partial charge in [-0.15, -0.1) is 0 Å². The van der Waals surface area contributed by atoms with Crippen molar-refractivity contribution < 1.29 is 23.3 Å². The fourth-order valence-corrected chi connectivity index (χ4v) is 2.88. The standard InChI is InChI=1S/C18H14FN3O5S/c1-26-13-6-7-14(15(8-13)22(24)25)21-17(23)10-28-18-20-9-16(27-18)11-2-4-12(19)5-3-11/h2-9H,10H2,1H3,(H,21,23). The first-order valence-corrected chi connectivity index (χ1v) is 8.91. The lowest BCUT2D eigenvalue weighted by Gasteiger charge is -2.06. The summed E-state index contributed by atoms with van der Waals surface area (Å²) in [6.07, 6.45) is 1.47. The Bertz CT molecular complexity index is 1010. The summed E-state index contributed by atoms with van der Waals surface area (Å²) >= 11 is 1.03. The number of hydrogen-bond acceptors (Lipinski definition) is 7. The third kappa shape index (κ3) is 4.65. The molecule has 10 heteroatoms. The van der Waals surface area contributed by atoms with E-state index in [4.69, 9.17) is 9.15 Å². The second-order valence-electron chi connectivity index (χ2n) is 5.47. The van der Waals surface area contributed by atoms with Crippen LogP contribution in [-0.4, -0.2) is 28.7 Å². The van der Waals surface area contributed by atoms with Crippen molar-refractivity contribution in [3.05, 3.63) is 64.6 Å². The molecule has 0 aliphatic rings. The summed E-state index contributed by atoms with van der Waals surface area (Å²) in [5, 5.41) is 13.9. The predicted octanol–water partition coefficient (Wildman–Crippen LogP) is 4.13. The van der Waals surface area contributed by atoms with Crippen molar-refractivity contribution in [2.45, 2.75) is 5.22 Å². The monoisotopic (exact) mass is 403 g/mol. The number of oxazole rings is 1. The number of ether oxygens (including phenoxy) is 1. The number of halogens is 1. The van der Waals surface area contributed by atoms with E-state index in [0.717, 1.165) is 11.8 Å². The second kappa shape index (κ2) is 8.53. The highest BCUT2D eigenvalue weighted by Gasteiger charge is 2.18. The lowest BCUT2D eigenvalue weighted by Crippen LogP contribution is -2.15. The molecule has 1 N–H and O–H groups in total. The van der Waals surface area contributed by atoms with E-state index < -0.39 is 10.8 Å². The molecule has 3 aromatic rings. The van der Waals surface area contributed by atoms with Crippen molar-refractivity contribution in [3.8, 4) is 17.1 Å². The second-order valence-corrected chi connectivity index (χ2v) is 6.40. The van der Waals surface area contributed by atoms with Crippen LogP contribution in [0.5, 0.6) is 5.75 Å². The SMILES string of the molecule is COc1ccc(NC(=O)CSc2ncc(-c3ccc(F)cc3)o2)c([N+](=O)[O-])c1. The number of nitro benzene ring substituents is 1. The highest BCUT2D eigenvalue weighted by Crippen LogP contribution is 2.30. The average molecular weight is 403 g/mol. The topological polar surface area (TPSA) is 108 Å². The molecule has 2 aromatic carbocycles. The molecule has 0 spiro atoms. The van der Waals surface area contributed by atoms with Gasteiger partial charge in [-0.2, -0.15) is 0 Å². The molecule has 0 fully saturated rings. The Balaban J connectivity index is 1.62. The van der Waals surface area contributed by atoms with Crippen LogP contribution in [0.4, 0.5) is 15.8 Å². The summed E-state index contributed by atoms with van der Waals surface area (Å²) in [7, 11) is 1.39. The zero-order valence-electron chi connectivity index (χ0n) is 14.5. The Morgan fingerprint density at radius 3 is 2.75 bits per heavy atom. The number of hydrogen-bond donors (Lipinski definition) is 1. The van der Waals surface area contributed by atoms with Crippen LogP contribution >= 0.6 is 11.8 Å². The lowest BCUT2D eigenvalue weighted by atomic mass is 10.2. The number of aromatic nitrogens is 1. The van der Waals surface area contributed by atoms with Crippen molar-refractivity contribution in [1.29, 1.82) is 0 Å². The van der Waals surface area contributed by atoms with Crippen molar-refractivity contribution >= 4 is 29.0 Å². The molecule has 0 aliphatic carbocycles. The Labute approximate surface area is 162 Å². The number of carbonyl (C=O) groups excluding carboxylic acids is 1. The number of methoxy groups -OCH3 is 1. The van der Waals surface area contributed by atoms with E-state index in [1.54, 1.807) is 12.1 Å². The number of rotatable bonds is 7. The number of thioether (sulfide) groups is 1. The molecule has 0 saturated heterocycles. The summed E-state index contributed by atoms with van der Waals surface area (Å²) in [5.41, 5.74) is 0.447. The third-order valence-electron chi connectivity index (χ3n) is 3.62. The van der Waals surface area contributed by atoms with Gasteiger partial charge in [0.05, 0.1) is 30.0 Å². The molecule has 0 atom stereocenters. The van der Waals surface area contributed by atoms with Gasteiger partial charge < -0.3 is 14.5 Å². The highest BCUT2D eigenvalue weighted by atomic mass is 32.2. The van der Waals surface area contributed by atoms with Crippen LogP contribution in [0.3, 0.4) is 0 Å². The van der Waals surface area contributed by atoms with E-state index in [1.807, 2.05) is 0 Å². The number of anilines is 1. The smallest absolute Gasteiger partial charge is 0.296 e. The first-order chi connectivity index (χ1) is 13.5. The van der Waals surface area contributed by atoms with Gasteiger partial charge in [-0.25, -0.2) is 9.37 Å². The number of nitrogens with zero attached hydrogens (tertiary/aromatic N) is 2. The predicted molar refractivity (Wildman–Crippen MR) is 101 cm³/mol. The van der Waals surface area contributed by atoms with Gasteiger partial charge >= 0.3 is 0 Å². The largest absolute Gasteiger partial charge is 0.496 e. The van der Waals surface area contributed by atoms with E-state index in [2.05, 4.69) is 10.3 Å². The highest BCUT2D eigenvalue weighted by molar-refractivity contribution is 7.99. The molecule has 0 radical (unpaired) electrons. The van der Waals surface area contributed by atoms with Gasteiger partial charge in [-0.3, -0.25) is 14.9 Å². The van der Waals surface area contributed by atoms with Gasteiger partial charge in [0.25, 0.3) is 10.9 Å². The first-order valence-electron chi connectivity index (χ1n) is 7.93. The van der Waals surface area contributed by atoms with E-state index in [9.17, 15) is 19.3 Å². The van der Waals surface area contributed by atoms with Gasteiger partial charge in [-0.1, -0.05) is 11.8 Å². The van der Waals surface area contributed by atoms with Crippen LogP contribution in [0.25, 0.3) is 11.3 Å². The lowest BCUT2D eigenvalue weighted by molar-refractivity contribution is -0.384. The van der Waals surface area contributed by atoms with Crippen LogP contribution in [0.2, 0.25) is 0 Å². The number of carbonyl (C=O) groups is 1. The van der Waals surface area contributed by atoms with Crippen molar-refractivity contribution in [3.63, 3.8) is 0 Å². The number of benzene rings is 2. The minimum absolute atomic E-state index is 0.0629. The Morgan fingerprint density at radius 1 is 1.32 bits per heavy atom. The van der Waals surface area contributed by atoms with Crippen LogP contribution in [-0.2, 0) is 4.79 Å². The van der Waals surface area contributed by atoms with Crippen LogP contribution < -0.4 is 10.1 Å². The minimum atomic E-state index is -0.603. The molecule has 28 heavy (non-hydrogen) atoms. The first kappa shape index (κ1) is 19.4. The summed E-state index contributed by atoms with van der Waals surface area (Å²) in [4.78, 5) is 26.7. The molecule has 0 aliphatic heterocycles. The maximum atomic E-state index is 13.0. The van der Waals surface area contributed by atoms with Gasteiger partial charge in [0, 0.05) is 5.56 Å². The Morgan fingerprint density at radius 2 is 2.07 bits per heavy atom. The normalized spacial score (nSPS) is 10.5. The zero-order chi connectivity index (χ0) is 20.1. The molecular weight excluding hydrogens is 389 g/mol. The summed E-state index contributed by atoms with van der Waals surface area (Å²) < 4.78 is 23.5. The summed E-state index contributed by atoms with van der Waals surface area (Å²) in [5.74, 6) is -0.130. The molecule has 1 heterocycles. The molecule has 144 valence electrons. The van der Waals surface area contributed by atoms with E-state index in [1.165, 1.54) is 43.6 Å². The van der Waals surface area contributed by atoms with E-state index in [-0.39, 0.29) is 28.2 Å². The molecule has 0 bridgehead atoms. The maximum Gasteiger partial charge on any atom is 0.296 e. The van der Waals surface area contributed by atoms with Crippen LogP contribution in [0.1, 0.15) is 0 Å². The molecule has 1 amide bonds. The minimum Gasteiger partial charge on any atom is -0.496 e. The number of nitrogens with one attached hydrogen (secondary N) is 1. The summed E-state index contributed by atoms with van der Waals surface area (Å²) in [6, 6.07) is 9.86. The van der Waals surface area contributed by atoms with Crippen molar-refractivity contribution in [1.82, 2.24) is 4.98 Å². The average Bonchev–Trinajstić information content (AvgIpc) is 3.16. The Hall–Kier alpha value is -3.40. The fraction of sp³-hybridized carbons (Fsp3) is 0.111. The molecule has 8 nitrogen and oxygen atoms in total. The molecule has 0 saturated carbocycles. The van der Waals surface area contributed by atoms with E-state index >= 15 is 0 Å². The summed E-state index contributed by atoms with van der Waals surface area (Å²) in [6.45, 7) is 0. The molecule has 3 rings (SSSR count). The van der Waals surface area contributed by atoms with Gasteiger partial charge in [0.15, 0.2) is 5.76 Å². The van der Waals surface area contributed by atoms with Gasteiger partial charge in [-0.05, 0) is 36.4 Å². The quantitative estimate of drug-likeness (QED) is 0.359. The molecular formula is C18H14FN3O5S. The molecule has 1 aromatic heterocycles. The van der Waals surface area contributed by atoms with Gasteiger partial charge in [0.1, 0.15) is 17.3 Å². The maximum absolute atomic E-state index is 13.0. The number of nitro groups is 1. The molecule has 0 unspecified atom stereocenters. The van der Waals surface area contributed by atoms with Crippen LogP contribution in [0, 0.1) is 15.9 Å². The third-order valence-corrected chi connectivity index (χ3v) is 4.46. The van der Waals surface area contributed by atoms with Crippen LogP contribution in [0.15, 0.2) is 58.3 Å². The van der Waals surface area contributed by atoms with Crippen molar-refractivity contribution in [2.24, 2.45) is 0 Å².